The predicted octanol–water partition coefficient (Wildman–Crippen LogP) is 0.721. The highest BCUT2D eigenvalue weighted by Gasteiger charge is 2.37. The summed E-state index contributed by atoms with van der Waals surface area (Å²) in [5.74, 6) is -1.10. The Balaban J connectivity index is 2.18. The lowest BCUT2D eigenvalue weighted by Crippen LogP contribution is -2.49. The maximum Gasteiger partial charge on any atom is 0.452 e. The summed E-state index contributed by atoms with van der Waals surface area (Å²) in [7, 11) is 0. The summed E-state index contributed by atoms with van der Waals surface area (Å²) >= 11 is 0.736. The van der Waals surface area contributed by atoms with Crippen molar-refractivity contribution in [3.8, 4) is 0 Å². The predicted molar refractivity (Wildman–Crippen MR) is 55.9 cm³/mol. The molecule has 0 aromatic carbocycles. The van der Waals surface area contributed by atoms with E-state index in [1.54, 1.807) is 4.90 Å². The maximum absolute atomic E-state index is 12.4. The van der Waals surface area contributed by atoms with Crippen LogP contribution in [-0.4, -0.2) is 41.7 Å². The largest absolute Gasteiger partial charge is 0.452 e. The second-order valence-electron chi connectivity index (χ2n) is 3.56. The van der Waals surface area contributed by atoms with Crippen LogP contribution in [0.5, 0.6) is 0 Å². The van der Waals surface area contributed by atoms with E-state index in [2.05, 4.69) is 9.36 Å². The second kappa shape index (κ2) is 4.75. The van der Waals surface area contributed by atoms with Crippen LogP contribution in [0.15, 0.2) is 0 Å². The molecule has 96 valence electrons. The Morgan fingerprint density at radius 3 is 2.88 bits per heavy atom. The number of nitrogens with two attached hydrogens (primary N) is 1. The van der Waals surface area contributed by atoms with Gasteiger partial charge in [0.05, 0.1) is 19.3 Å². The summed E-state index contributed by atoms with van der Waals surface area (Å²) in [5, 5.41) is 0.246. The lowest BCUT2D eigenvalue weighted by Gasteiger charge is -2.34. The summed E-state index contributed by atoms with van der Waals surface area (Å²) in [6, 6.07) is -0.141. The molecule has 2 heterocycles. The Labute approximate surface area is 99.5 Å². The number of anilines is 1. The van der Waals surface area contributed by atoms with Gasteiger partial charge in [-0.05, 0) is 0 Å². The minimum Gasteiger partial charge on any atom is -0.377 e. The third-order valence-electron chi connectivity index (χ3n) is 2.41. The normalized spacial score (nSPS) is 21.9. The Bertz CT molecular complexity index is 383. The molecule has 0 saturated carbocycles. The van der Waals surface area contributed by atoms with Crippen LogP contribution < -0.4 is 10.6 Å². The smallest absolute Gasteiger partial charge is 0.377 e. The van der Waals surface area contributed by atoms with Crippen molar-refractivity contribution in [1.29, 1.82) is 0 Å². The summed E-state index contributed by atoms with van der Waals surface area (Å²) in [6.45, 7) is 1.64. The quantitative estimate of drug-likeness (QED) is 0.856. The highest BCUT2D eigenvalue weighted by atomic mass is 32.1. The topological polar surface area (TPSA) is 64.3 Å². The molecule has 1 saturated heterocycles. The fourth-order valence-corrected chi connectivity index (χ4v) is 2.33. The Morgan fingerprint density at radius 1 is 1.53 bits per heavy atom. The molecule has 1 atom stereocenters. The molecule has 1 unspecified atom stereocenters. The molecule has 0 spiro atoms. The summed E-state index contributed by atoms with van der Waals surface area (Å²) in [5.41, 5.74) is 5.54. The van der Waals surface area contributed by atoms with E-state index in [0.717, 1.165) is 11.5 Å². The lowest BCUT2D eigenvalue weighted by atomic mass is 10.2. The molecule has 1 aliphatic heterocycles. The maximum atomic E-state index is 12.4. The van der Waals surface area contributed by atoms with Crippen molar-refractivity contribution in [3.63, 3.8) is 0 Å². The van der Waals surface area contributed by atoms with Crippen molar-refractivity contribution in [2.75, 3.05) is 31.2 Å². The molecule has 0 bridgehead atoms. The van der Waals surface area contributed by atoms with Crippen LogP contribution in [-0.2, 0) is 10.9 Å². The number of halogens is 3. The first-order chi connectivity index (χ1) is 8.02. The minimum absolute atomic E-state index is 0.141. The number of rotatable bonds is 2. The Morgan fingerprint density at radius 2 is 2.29 bits per heavy atom. The van der Waals surface area contributed by atoms with Crippen LogP contribution in [0.1, 0.15) is 5.82 Å². The van der Waals surface area contributed by atoms with Crippen molar-refractivity contribution < 1.29 is 17.9 Å². The number of ether oxygens (including phenoxy) is 1. The van der Waals surface area contributed by atoms with Gasteiger partial charge in [0.1, 0.15) is 0 Å². The zero-order valence-corrected chi connectivity index (χ0v) is 9.59. The third kappa shape index (κ3) is 2.67. The minimum atomic E-state index is -4.50. The van der Waals surface area contributed by atoms with Crippen molar-refractivity contribution >= 4 is 16.7 Å². The molecule has 2 rings (SSSR count). The standard InChI is InChI=1S/C8H11F3N4OS/c9-8(10,11)6-13-7(17-14-6)15-1-2-16-4-5(15)3-12/h5H,1-4,12H2. The Hall–Kier alpha value is -0.930. The first-order valence-corrected chi connectivity index (χ1v) is 5.75. The highest BCUT2D eigenvalue weighted by molar-refractivity contribution is 7.09. The van der Waals surface area contributed by atoms with Crippen LogP contribution in [0.3, 0.4) is 0 Å². The molecule has 1 aliphatic rings. The zero-order valence-electron chi connectivity index (χ0n) is 8.78. The molecule has 1 fully saturated rings. The van der Waals surface area contributed by atoms with Crippen LogP contribution in [0.2, 0.25) is 0 Å². The number of morpholine rings is 1. The van der Waals surface area contributed by atoms with Gasteiger partial charge in [-0.3, -0.25) is 0 Å². The Kier molecular flexibility index (Phi) is 3.50. The molecular formula is C8H11F3N4OS. The van der Waals surface area contributed by atoms with E-state index in [1.807, 2.05) is 0 Å². The lowest BCUT2D eigenvalue weighted by molar-refractivity contribution is -0.144. The van der Waals surface area contributed by atoms with E-state index in [0.29, 0.717) is 26.3 Å². The number of hydrogen-bond acceptors (Lipinski definition) is 6. The third-order valence-corrected chi connectivity index (χ3v) is 3.17. The van der Waals surface area contributed by atoms with Crippen molar-refractivity contribution in [1.82, 2.24) is 9.36 Å². The molecular weight excluding hydrogens is 257 g/mol. The van der Waals surface area contributed by atoms with Gasteiger partial charge in [-0.25, -0.2) is 0 Å². The van der Waals surface area contributed by atoms with Crippen LogP contribution in [0, 0.1) is 0 Å². The van der Waals surface area contributed by atoms with Gasteiger partial charge < -0.3 is 15.4 Å². The highest BCUT2D eigenvalue weighted by Crippen LogP contribution is 2.31. The van der Waals surface area contributed by atoms with Crippen LogP contribution in [0.4, 0.5) is 18.3 Å². The first-order valence-electron chi connectivity index (χ1n) is 4.97. The molecule has 5 nitrogen and oxygen atoms in total. The summed E-state index contributed by atoms with van der Waals surface area (Å²) < 4.78 is 45.6. The second-order valence-corrected chi connectivity index (χ2v) is 4.29. The van der Waals surface area contributed by atoms with E-state index in [-0.39, 0.29) is 11.2 Å². The van der Waals surface area contributed by atoms with Crippen LogP contribution >= 0.6 is 11.5 Å². The number of hydrogen-bond donors (Lipinski definition) is 1. The first kappa shape index (κ1) is 12.5. The molecule has 9 heteroatoms. The zero-order chi connectivity index (χ0) is 12.5. The van der Waals surface area contributed by atoms with Gasteiger partial charge in [-0.15, -0.1) is 0 Å². The van der Waals surface area contributed by atoms with E-state index < -0.39 is 12.0 Å². The molecule has 0 radical (unpaired) electrons. The number of alkyl halides is 3. The molecule has 17 heavy (non-hydrogen) atoms. The SMILES string of the molecule is NCC1COCCN1c1nc(C(F)(F)F)ns1. The monoisotopic (exact) mass is 268 g/mol. The van der Waals surface area contributed by atoms with E-state index in [1.165, 1.54) is 0 Å². The fourth-order valence-electron chi connectivity index (χ4n) is 1.55. The van der Waals surface area contributed by atoms with Crippen molar-refractivity contribution in [2.24, 2.45) is 5.73 Å². The molecule has 2 N–H and O–H groups in total. The summed E-state index contributed by atoms with van der Waals surface area (Å²) in [6.07, 6.45) is -4.50. The van der Waals surface area contributed by atoms with Gasteiger partial charge in [0.15, 0.2) is 0 Å². The van der Waals surface area contributed by atoms with Gasteiger partial charge in [0.2, 0.25) is 11.0 Å². The van der Waals surface area contributed by atoms with Crippen LogP contribution in [0.25, 0.3) is 0 Å². The van der Waals surface area contributed by atoms with E-state index in [4.69, 9.17) is 10.5 Å². The molecule has 0 amide bonds. The van der Waals surface area contributed by atoms with Gasteiger partial charge in [0.25, 0.3) is 0 Å². The van der Waals surface area contributed by atoms with E-state index >= 15 is 0 Å². The number of aromatic nitrogens is 2. The average molecular weight is 268 g/mol. The number of nitrogens with zero attached hydrogens (tertiary/aromatic N) is 3. The van der Waals surface area contributed by atoms with Gasteiger partial charge in [-0.1, -0.05) is 0 Å². The van der Waals surface area contributed by atoms with Gasteiger partial charge in [-0.2, -0.15) is 22.5 Å². The van der Waals surface area contributed by atoms with Crippen molar-refractivity contribution in [2.45, 2.75) is 12.2 Å². The molecule has 1 aromatic rings. The summed E-state index contributed by atoms with van der Waals surface area (Å²) in [4.78, 5) is 5.22. The molecule has 1 aromatic heterocycles. The van der Waals surface area contributed by atoms with Gasteiger partial charge >= 0.3 is 6.18 Å². The van der Waals surface area contributed by atoms with E-state index in [9.17, 15) is 13.2 Å². The van der Waals surface area contributed by atoms with Crippen molar-refractivity contribution in [3.05, 3.63) is 5.82 Å². The fraction of sp³-hybridized carbons (Fsp3) is 0.750. The average Bonchev–Trinajstić information content (AvgIpc) is 2.77. The molecule has 0 aliphatic carbocycles. The van der Waals surface area contributed by atoms with Gasteiger partial charge in [0, 0.05) is 24.6 Å².